The molecule has 1 aromatic rings. The smallest absolute Gasteiger partial charge is 0.253 e. The highest BCUT2D eigenvalue weighted by molar-refractivity contribution is 5.94. The summed E-state index contributed by atoms with van der Waals surface area (Å²) < 4.78 is 0. The summed E-state index contributed by atoms with van der Waals surface area (Å²) in [5.41, 5.74) is 6.18. The predicted octanol–water partition coefficient (Wildman–Crippen LogP) is 1.33. The molecule has 92 valence electrons. The first-order valence-corrected chi connectivity index (χ1v) is 5.70. The summed E-state index contributed by atoms with van der Waals surface area (Å²) in [4.78, 5) is 22.4. The molecular formula is C13H18N2O2. The van der Waals surface area contributed by atoms with E-state index >= 15 is 0 Å². The van der Waals surface area contributed by atoms with Crippen LogP contribution in [-0.2, 0) is 4.79 Å². The van der Waals surface area contributed by atoms with E-state index in [2.05, 4.69) is 5.73 Å². The Balaban J connectivity index is 0.000000437. The molecule has 0 unspecified atom stereocenters. The van der Waals surface area contributed by atoms with E-state index in [9.17, 15) is 4.79 Å². The van der Waals surface area contributed by atoms with Crippen LogP contribution in [0.4, 0.5) is 0 Å². The zero-order valence-corrected chi connectivity index (χ0v) is 10.1. The Morgan fingerprint density at radius 2 is 1.71 bits per heavy atom. The Hall–Kier alpha value is -1.84. The zero-order valence-electron chi connectivity index (χ0n) is 10.1. The molecule has 4 heteroatoms. The van der Waals surface area contributed by atoms with Crippen LogP contribution in [0.1, 0.15) is 28.8 Å². The maximum absolute atomic E-state index is 11.9. The molecule has 1 fully saturated rings. The van der Waals surface area contributed by atoms with E-state index in [0.717, 1.165) is 31.5 Å². The van der Waals surface area contributed by atoms with Crippen LogP contribution >= 0.6 is 0 Å². The van der Waals surface area contributed by atoms with Crippen LogP contribution in [-0.4, -0.2) is 30.3 Å². The maximum Gasteiger partial charge on any atom is 0.253 e. The molecule has 0 aliphatic carbocycles. The molecule has 0 aromatic heterocycles. The normalized spacial score (nSPS) is 13.8. The van der Waals surface area contributed by atoms with Gasteiger partial charge in [0.15, 0.2) is 0 Å². The van der Waals surface area contributed by atoms with Gasteiger partial charge in [0.1, 0.15) is 0 Å². The van der Waals surface area contributed by atoms with Crippen molar-refractivity contribution in [1.29, 1.82) is 0 Å². The first-order valence-electron chi connectivity index (χ1n) is 5.70. The van der Waals surface area contributed by atoms with E-state index < -0.39 is 0 Å². The van der Waals surface area contributed by atoms with Gasteiger partial charge in [-0.2, -0.15) is 0 Å². The summed E-state index contributed by atoms with van der Waals surface area (Å²) in [6.45, 7) is 3.88. The number of primary amides is 1. The number of aryl methyl sites for hydroxylation is 1. The van der Waals surface area contributed by atoms with Crippen molar-refractivity contribution < 1.29 is 9.59 Å². The number of benzene rings is 1. The molecule has 0 spiro atoms. The molecule has 1 saturated heterocycles. The zero-order chi connectivity index (χ0) is 12.7. The van der Waals surface area contributed by atoms with Crippen molar-refractivity contribution in [1.82, 2.24) is 4.90 Å². The quantitative estimate of drug-likeness (QED) is 0.745. The number of carbonyl (C=O) groups is 2. The standard InChI is InChI=1S/C12H15NO.CH3NO/c1-10-4-6-11(7-5-10)12(14)13-8-2-3-9-13;2-1-3/h4-7H,2-3,8-9H2,1H3;1H,(H2,2,3). The van der Waals surface area contributed by atoms with Gasteiger partial charge in [0, 0.05) is 18.7 Å². The van der Waals surface area contributed by atoms with Gasteiger partial charge >= 0.3 is 0 Å². The van der Waals surface area contributed by atoms with Crippen molar-refractivity contribution in [3.8, 4) is 0 Å². The molecule has 2 amide bonds. The van der Waals surface area contributed by atoms with E-state index in [1.54, 1.807) is 0 Å². The number of nitrogens with two attached hydrogens (primary N) is 1. The monoisotopic (exact) mass is 234 g/mol. The average Bonchev–Trinajstić information content (AvgIpc) is 2.83. The van der Waals surface area contributed by atoms with Gasteiger partial charge in [-0.25, -0.2) is 0 Å². The van der Waals surface area contributed by atoms with E-state index in [0.29, 0.717) is 0 Å². The molecule has 1 heterocycles. The largest absolute Gasteiger partial charge is 0.372 e. The molecule has 4 nitrogen and oxygen atoms in total. The SMILES string of the molecule is Cc1ccc(C(=O)N2CCCC2)cc1.NC=O. The third kappa shape index (κ3) is 3.90. The Kier molecular flexibility index (Phi) is 5.20. The van der Waals surface area contributed by atoms with Crippen LogP contribution in [0, 0.1) is 6.92 Å². The predicted molar refractivity (Wildman–Crippen MR) is 66.6 cm³/mol. The van der Waals surface area contributed by atoms with Gasteiger partial charge in [0.2, 0.25) is 6.41 Å². The van der Waals surface area contributed by atoms with Gasteiger partial charge in [-0.05, 0) is 31.9 Å². The minimum Gasteiger partial charge on any atom is -0.372 e. The molecule has 1 aromatic carbocycles. The van der Waals surface area contributed by atoms with Crippen molar-refractivity contribution in [2.24, 2.45) is 5.73 Å². The summed E-state index contributed by atoms with van der Waals surface area (Å²) in [5.74, 6) is 0.183. The Labute approximate surface area is 101 Å². The fourth-order valence-corrected chi connectivity index (χ4v) is 1.80. The van der Waals surface area contributed by atoms with Gasteiger partial charge in [-0.3, -0.25) is 9.59 Å². The Bertz CT molecular complexity index is 368. The molecule has 0 bridgehead atoms. The lowest BCUT2D eigenvalue weighted by Crippen LogP contribution is -2.27. The number of nitrogens with zero attached hydrogens (tertiary/aromatic N) is 1. The molecule has 1 aliphatic heterocycles. The van der Waals surface area contributed by atoms with E-state index in [1.807, 2.05) is 36.1 Å². The lowest BCUT2D eigenvalue weighted by atomic mass is 10.1. The second-order valence-corrected chi connectivity index (χ2v) is 4.00. The number of hydrogen-bond donors (Lipinski definition) is 1. The van der Waals surface area contributed by atoms with Crippen molar-refractivity contribution in [3.63, 3.8) is 0 Å². The molecule has 0 saturated carbocycles. The van der Waals surface area contributed by atoms with Crippen LogP contribution in [0.3, 0.4) is 0 Å². The third-order valence-corrected chi connectivity index (χ3v) is 2.69. The highest BCUT2D eigenvalue weighted by Crippen LogP contribution is 2.13. The van der Waals surface area contributed by atoms with Gasteiger partial charge in [0.05, 0.1) is 0 Å². The average molecular weight is 234 g/mol. The second-order valence-electron chi connectivity index (χ2n) is 4.00. The number of likely N-dealkylation sites (tertiary alicyclic amines) is 1. The van der Waals surface area contributed by atoms with Crippen molar-refractivity contribution >= 4 is 12.3 Å². The summed E-state index contributed by atoms with van der Waals surface area (Å²) in [5, 5.41) is 0. The van der Waals surface area contributed by atoms with E-state index in [-0.39, 0.29) is 12.3 Å². The van der Waals surface area contributed by atoms with E-state index in [1.165, 1.54) is 5.56 Å². The second kappa shape index (κ2) is 6.68. The number of amides is 2. The van der Waals surface area contributed by atoms with E-state index in [4.69, 9.17) is 4.79 Å². The molecule has 0 atom stereocenters. The minimum atomic E-state index is 0.183. The molecule has 2 rings (SSSR count). The minimum absolute atomic E-state index is 0.183. The lowest BCUT2D eigenvalue weighted by molar-refractivity contribution is -0.106. The Morgan fingerprint density at radius 3 is 2.18 bits per heavy atom. The third-order valence-electron chi connectivity index (χ3n) is 2.69. The summed E-state index contributed by atoms with van der Waals surface area (Å²) >= 11 is 0. The van der Waals surface area contributed by atoms with Crippen molar-refractivity contribution in [3.05, 3.63) is 35.4 Å². The maximum atomic E-state index is 11.9. The highest BCUT2D eigenvalue weighted by Gasteiger charge is 2.18. The van der Waals surface area contributed by atoms with Crippen LogP contribution < -0.4 is 5.73 Å². The van der Waals surface area contributed by atoms with Gasteiger partial charge in [0.25, 0.3) is 5.91 Å². The summed E-state index contributed by atoms with van der Waals surface area (Å²) in [7, 11) is 0. The lowest BCUT2D eigenvalue weighted by Gasteiger charge is -2.14. The molecule has 17 heavy (non-hydrogen) atoms. The first kappa shape index (κ1) is 13.2. The van der Waals surface area contributed by atoms with Gasteiger partial charge in [-0.1, -0.05) is 17.7 Å². The fraction of sp³-hybridized carbons (Fsp3) is 0.385. The molecule has 1 aliphatic rings. The molecular weight excluding hydrogens is 216 g/mol. The topological polar surface area (TPSA) is 63.4 Å². The number of hydrogen-bond acceptors (Lipinski definition) is 2. The van der Waals surface area contributed by atoms with Gasteiger partial charge in [-0.15, -0.1) is 0 Å². The number of rotatable bonds is 1. The first-order chi connectivity index (χ1) is 8.19. The molecule has 2 N–H and O–H groups in total. The van der Waals surface area contributed by atoms with Crippen LogP contribution in [0.15, 0.2) is 24.3 Å². The highest BCUT2D eigenvalue weighted by atomic mass is 16.2. The number of carbonyl (C=O) groups excluding carboxylic acids is 2. The summed E-state index contributed by atoms with van der Waals surface area (Å²) in [6, 6.07) is 7.80. The van der Waals surface area contributed by atoms with Crippen molar-refractivity contribution in [2.75, 3.05) is 13.1 Å². The van der Waals surface area contributed by atoms with Crippen LogP contribution in [0.25, 0.3) is 0 Å². The van der Waals surface area contributed by atoms with Crippen LogP contribution in [0.2, 0.25) is 0 Å². The Morgan fingerprint density at radius 1 is 1.24 bits per heavy atom. The summed E-state index contributed by atoms with van der Waals surface area (Å²) in [6.07, 6.45) is 2.55. The molecule has 0 radical (unpaired) electrons. The van der Waals surface area contributed by atoms with Gasteiger partial charge < -0.3 is 10.6 Å². The fourth-order valence-electron chi connectivity index (χ4n) is 1.80. The van der Waals surface area contributed by atoms with Crippen molar-refractivity contribution in [2.45, 2.75) is 19.8 Å². The van der Waals surface area contributed by atoms with Crippen LogP contribution in [0.5, 0.6) is 0 Å².